The van der Waals surface area contributed by atoms with E-state index >= 15 is 0 Å². The zero-order valence-corrected chi connectivity index (χ0v) is 14.9. The van der Waals surface area contributed by atoms with Crippen LogP contribution in [0.4, 0.5) is 0 Å². The second-order valence-electron chi connectivity index (χ2n) is 5.59. The average Bonchev–Trinajstić information content (AvgIpc) is 2.54. The first-order valence-electron chi connectivity index (χ1n) is 7.56. The van der Waals surface area contributed by atoms with Crippen molar-refractivity contribution in [1.82, 2.24) is 10.2 Å². The highest BCUT2D eigenvalue weighted by atomic mass is 35.5. The number of alkyl halides is 2. The van der Waals surface area contributed by atoms with Gasteiger partial charge in [-0.1, -0.05) is 46.9 Å². The lowest BCUT2D eigenvalue weighted by Gasteiger charge is -2.32. The van der Waals surface area contributed by atoms with E-state index in [1.54, 1.807) is 4.90 Å². The van der Waals surface area contributed by atoms with Crippen molar-refractivity contribution < 1.29 is 9.59 Å². The minimum absolute atomic E-state index is 0.0253. The summed E-state index contributed by atoms with van der Waals surface area (Å²) in [5.74, 6) is -0.238. The molecule has 0 aromatic heterocycles. The largest absolute Gasteiger partial charge is 0.353 e. The SMILES string of the molecule is O=C(CCc1ccc(Cl)cc1)NC1CCN(C(=O)C(Cl)Cl)CC1. The van der Waals surface area contributed by atoms with Crippen LogP contribution in [0.15, 0.2) is 24.3 Å². The molecule has 2 rings (SSSR count). The van der Waals surface area contributed by atoms with Gasteiger partial charge in [0.1, 0.15) is 0 Å². The highest BCUT2D eigenvalue weighted by molar-refractivity contribution is 6.53. The van der Waals surface area contributed by atoms with Crippen LogP contribution in [0.3, 0.4) is 0 Å². The maximum Gasteiger partial charge on any atom is 0.255 e. The Labute approximate surface area is 151 Å². The summed E-state index contributed by atoms with van der Waals surface area (Å²) >= 11 is 17.0. The molecule has 4 nitrogen and oxygen atoms in total. The molecular formula is C16H19Cl3N2O2. The second-order valence-corrected chi connectivity index (χ2v) is 7.13. The molecule has 0 spiro atoms. The van der Waals surface area contributed by atoms with E-state index in [4.69, 9.17) is 34.8 Å². The normalized spacial score (nSPS) is 15.7. The van der Waals surface area contributed by atoms with Gasteiger partial charge < -0.3 is 10.2 Å². The molecule has 1 aliphatic rings. The van der Waals surface area contributed by atoms with E-state index in [-0.39, 0.29) is 17.9 Å². The highest BCUT2D eigenvalue weighted by Crippen LogP contribution is 2.15. The first-order valence-corrected chi connectivity index (χ1v) is 8.81. The first kappa shape index (κ1) is 18.4. The number of likely N-dealkylation sites (tertiary alicyclic amines) is 1. The van der Waals surface area contributed by atoms with Gasteiger partial charge in [0.2, 0.25) is 5.91 Å². The van der Waals surface area contributed by atoms with Crippen molar-refractivity contribution in [2.24, 2.45) is 0 Å². The molecule has 1 aliphatic heterocycles. The molecule has 1 saturated heterocycles. The molecule has 1 N–H and O–H groups in total. The standard InChI is InChI=1S/C16H19Cl3N2O2/c17-12-4-1-11(2-5-12)3-6-14(22)20-13-7-9-21(10-8-13)16(23)15(18)19/h1-2,4-5,13,15H,3,6-10H2,(H,20,22). The lowest BCUT2D eigenvalue weighted by atomic mass is 10.0. The van der Waals surface area contributed by atoms with Crippen molar-refractivity contribution >= 4 is 46.6 Å². The number of halogens is 3. The van der Waals surface area contributed by atoms with Gasteiger partial charge in [-0.2, -0.15) is 0 Å². The van der Waals surface area contributed by atoms with E-state index < -0.39 is 4.84 Å². The number of hydrogen-bond donors (Lipinski definition) is 1. The number of rotatable bonds is 5. The third kappa shape index (κ3) is 5.87. The number of piperidine rings is 1. The monoisotopic (exact) mass is 376 g/mol. The van der Waals surface area contributed by atoms with Crippen LogP contribution in [-0.2, 0) is 16.0 Å². The van der Waals surface area contributed by atoms with Crippen molar-refractivity contribution in [3.8, 4) is 0 Å². The number of aryl methyl sites for hydroxylation is 1. The Bertz CT molecular complexity index is 541. The minimum atomic E-state index is -1.01. The van der Waals surface area contributed by atoms with Crippen LogP contribution in [0, 0.1) is 0 Å². The molecule has 0 aliphatic carbocycles. The molecular weight excluding hydrogens is 359 g/mol. The average molecular weight is 378 g/mol. The molecule has 0 bridgehead atoms. The fourth-order valence-electron chi connectivity index (χ4n) is 2.59. The highest BCUT2D eigenvalue weighted by Gasteiger charge is 2.26. The summed E-state index contributed by atoms with van der Waals surface area (Å²) < 4.78 is 0. The Morgan fingerprint density at radius 1 is 1.17 bits per heavy atom. The summed E-state index contributed by atoms with van der Waals surface area (Å²) in [6.07, 6.45) is 2.56. The number of hydrogen-bond acceptors (Lipinski definition) is 2. The van der Waals surface area contributed by atoms with E-state index in [9.17, 15) is 9.59 Å². The van der Waals surface area contributed by atoms with E-state index in [1.807, 2.05) is 24.3 Å². The van der Waals surface area contributed by atoms with Crippen molar-refractivity contribution in [2.45, 2.75) is 36.6 Å². The van der Waals surface area contributed by atoms with Crippen LogP contribution in [0.25, 0.3) is 0 Å². The molecule has 2 amide bonds. The van der Waals surface area contributed by atoms with Crippen molar-refractivity contribution in [1.29, 1.82) is 0 Å². The van der Waals surface area contributed by atoms with Crippen LogP contribution in [0.2, 0.25) is 5.02 Å². The topological polar surface area (TPSA) is 49.4 Å². The Balaban J connectivity index is 1.70. The Morgan fingerprint density at radius 3 is 2.35 bits per heavy atom. The van der Waals surface area contributed by atoms with Gasteiger partial charge in [-0.25, -0.2) is 0 Å². The van der Waals surface area contributed by atoms with E-state index in [1.165, 1.54) is 0 Å². The summed E-state index contributed by atoms with van der Waals surface area (Å²) in [5.41, 5.74) is 1.08. The van der Waals surface area contributed by atoms with Crippen LogP contribution in [-0.4, -0.2) is 40.7 Å². The van der Waals surface area contributed by atoms with Gasteiger partial charge in [-0.05, 0) is 37.0 Å². The molecule has 126 valence electrons. The summed E-state index contributed by atoms with van der Waals surface area (Å²) in [5, 5.41) is 3.71. The lowest BCUT2D eigenvalue weighted by molar-refractivity contribution is -0.130. The maximum absolute atomic E-state index is 12.0. The molecule has 0 atom stereocenters. The second kappa shape index (κ2) is 8.76. The van der Waals surface area contributed by atoms with E-state index in [0.29, 0.717) is 31.0 Å². The molecule has 0 radical (unpaired) electrons. The molecule has 1 heterocycles. The zero-order valence-electron chi connectivity index (χ0n) is 12.6. The zero-order chi connectivity index (χ0) is 16.8. The van der Waals surface area contributed by atoms with Gasteiger partial charge in [0.25, 0.3) is 5.91 Å². The number of benzene rings is 1. The summed E-state index contributed by atoms with van der Waals surface area (Å²) in [4.78, 5) is 24.3. The van der Waals surface area contributed by atoms with Gasteiger partial charge in [0.15, 0.2) is 4.84 Å². The predicted octanol–water partition coefficient (Wildman–Crippen LogP) is 3.18. The van der Waals surface area contributed by atoms with Crippen LogP contribution < -0.4 is 5.32 Å². The van der Waals surface area contributed by atoms with Crippen LogP contribution in [0.1, 0.15) is 24.8 Å². The van der Waals surface area contributed by atoms with Crippen LogP contribution >= 0.6 is 34.8 Å². The number of amides is 2. The van der Waals surface area contributed by atoms with Crippen molar-refractivity contribution in [3.63, 3.8) is 0 Å². The van der Waals surface area contributed by atoms with Gasteiger partial charge in [-0.3, -0.25) is 9.59 Å². The van der Waals surface area contributed by atoms with Gasteiger partial charge in [0, 0.05) is 30.6 Å². The van der Waals surface area contributed by atoms with E-state index in [0.717, 1.165) is 18.4 Å². The molecule has 7 heteroatoms. The fraction of sp³-hybridized carbons (Fsp3) is 0.500. The number of nitrogens with one attached hydrogen (secondary N) is 1. The van der Waals surface area contributed by atoms with Crippen LogP contribution in [0.5, 0.6) is 0 Å². The lowest BCUT2D eigenvalue weighted by Crippen LogP contribution is -2.47. The number of carbonyl (C=O) groups excluding carboxylic acids is 2. The molecule has 23 heavy (non-hydrogen) atoms. The summed E-state index contributed by atoms with van der Waals surface area (Å²) in [6, 6.07) is 7.59. The predicted molar refractivity (Wildman–Crippen MR) is 93.0 cm³/mol. The molecule has 1 aromatic carbocycles. The Hall–Kier alpha value is -0.970. The maximum atomic E-state index is 12.0. The summed E-state index contributed by atoms with van der Waals surface area (Å²) in [6.45, 7) is 1.13. The van der Waals surface area contributed by atoms with Crippen molar-refractivity contribution in [2.75, 3.05) is 13.1 Å². The molecule has 1 fully saturated rings. The quantitative estimate of drug-likeness (QED) is 0.801. The van der Waals surface area contributed by atoms with E-state index in [2.05, 4.69) is 5.32 Å². The number of carbonyl (C=O) groups is 2. The van der Waals surface area contributed by atoms with Gasteiger partial charge in [-0.15, -0.1) is 0 Å². The van der Waals surface area contributed by atoms with Gasteiger partial charge in [0.05, 0.1) is 0 Å². The number of nitrogens with zero attached hydrogens (tertiary/aromatic N) is 1. The molecule has 1 aromatic rings. The minimum Gasteiger partial charge on any atom is -0.353 e. The van der Waals surface area contributed by atoms with Gasteiger partial charge >= 0.3 is 0 Å². The molecule has 0 saturated carbocycles. The smallest absolute Gasteiger partial charge is 0.255 e. The Morgan fingerprint density at radius 2 is 1.78 bits per heavy atom. The summed E-state index contributed by atoms with van der Waals surface area (Å²) in [7, 11) is 0. The first-order chi connectivity index (χ1) is 11.0. The fourth-order valence-corrected chi connectivity index (χ4v) is 2.99. The third-order valence-corrected chi connectivity index (χ3v) is 4.54. The third-order valence-electron chi connectivity index (χ3n) is 3.91. The van der Waals surface area contributed by atoms with Crippen molar-refractivity contribution in [3.05, 3.63) is 34.9 Å². The Kier molecular flexibility index (Phi) is 7.00. The molecule has 0 unspecified atom stereocenters.